The lowest BCUT2D eigenvalue weighted by Gasteiger charge is -2.25. The minimum absolute atomic E-state index is 0.0361. The molecule has 0 N–H and O–H groups in total. The molecule has 0 saturated carbocycles. The van der Waals surface area contributed by atoms with Crippen molar-refractivity contribution in [3.63, 3.8) is 0 Å². The van der Waals surface area contributed by atoms with Crippen molar-refractivity contribution in [1.82, 2.24) is 14.8 Å². The van der Waals surface area contributed by atoms with E-state index < -0.39 is 9.84 Å². The third kappa shape index (κ3) is 4.69. The maximum Gasteiger partial charge on any atom is 0.236 e. The van der Waals surface area contributed by atoms with Crippen molar-refractivity contribution < 1.29 is 13.2 Å². The Bertz CT molecular complexity index is 865. The number of amides is 1. The largest absolute Gasteiger partial charge is 0.339 e. The minimum Gasteiger partial charge on any atom is -0.339 e. The zero-order valence-corrected chi connectivity index (χ0v) is 16.6. The molecule has 3 rings (SSSR count). The summed E-state index contributed by atoms with van der Waals surface area (Å²) in [5.74, 6) is 0.325. The summed E-state index contributed by atoms with van der Waals surface area (Å²) in [5, 5.41) is 2.91. The Morgan fingerprint density at radius 3 is 2.65 bits per heavy atom. The summed E-state index contributed by atoms with van der Waals surface area (Å²) in [5.41, 5.74) is 1.93. The first-order valence-electron chi connectivity index (χ1n) is 8.48. The van der Waals surface area contributed by atoms with Gasteiger partial charge in [-0.3, -0.25) is 9.69 Å². The van der Waals surface area contributed by atoms with Crippen LogP contribution >= 0.6 is 11.3 Å². The molecule has 140 valence electrons. The van der Waals surface area contributed by atoms with Crippen LogP contribution in [0.5, 0.6) is 0 Å². The number of likely N-dealkylation sites (N-methyl/N-ethyl adjacent to an activating group) is 2. The maximum atomic E-state index is 12.5. The summed E-state index contributed by atoms with van der Waals surface area (Å²) in [7, 11) is 0.622. The Morgan fingerprint density at radius 1 is 1.27 bits per heavy atom. The first kappa shape index (κ1) is 19.0. The van der Waals surface area contributed by atoms with Gasteiger partial charge in [-0.05, 0) is 13.5 Å². The third-order valence-corrected chi connectivity index (χ3v) is 7.30. The summed E-state index contributed by atoms with van der Waals surface area (Å²) in [6, 6.07) is 9.89. The molecule has 0 spiro atoms. The Labute approximate surface area is 158 Å². The molecule has 1 aromatic heterocycles. The molecule has 0 bridgehead atoms. The van der Waals surface area contributed by atoms with Crippen molar-refractivity contribution >= 4 is 27.1 Å². The van der Waals surface area contributed by atoms with Crippen LogP contribution in [0, 0.1) is 0 Å². The van der Waals surface area contributed by atoms with Gasteiger partial charge in [-0.25, -0.2) is 13.4 Å². The van der Waals surface area contributed by atoms with E-state index in [1.165, 1.54) is 0 Å². The molecule has 1 amide bonds. The zero-order valence-electron chi connectivity index (χ0n) is 15.0. The number of hydrogen-bond acceptors (Lipinski definition) is 6. The summed E-state index contributed by atoms with van der Waals surface area (Å²) >= 11 is 1.56. The number of benzene rings is 1. The average molecular weight is 394 g/mol. The lowest BCUT2D eigenvalue weighted by atomic mass is 10.2. The van der Waals surface area contributed by atoms with E-state index in [9.17, 15) is 13.2 Å². The van der Waals surface area contributed by atoms with Gasteiger partial charge in [0.2, 0.25) is 5.91 Å². The number of thiazole rings is 1. The lowest BCUT2D eigenvalue weighted by Crippen LogP contribution is -2.41. The van der Waals surface area contributed by atoms with Crippen LogP contribution in [0.2, 0.25) is 0 Å². The van der Waals surface area contributed by atoms with Gasteiger partial charge in [-0.1, -0.05) is 30.3 Å². The highest BCUT2D eigenvalue weighted by atomic mass is 32.2. The van der Waals surface area contributed by atoms with Gasteiger partial charge in [0, 0.05) is 24.0 Å². The predicted octanol–water partition coefficient (Wildman–Crippen LogP) is 1.89. The van der Waals surface area contributed by atoms with Crippen LogP contribution in [0.15, 0.2) is 35.7 Å². The predicted molar refractivity (Wildman–Crippen MR) is 104 cm³/mol. The van der Waals surface area contributed by atoms with E-state index in [2.05, 4.69) is 4.98 Å². The van der Waals surface area contributed by atoms with Crippen LogP contribution in [0.25, 0.3) is 10.6 Å². The van der Waals surface area contributed by atoms with E-state index in [4.69, 9.17) is 0 Å². The Kier molecular flexibility index (Phi) is 5.74. The van der Waals surface area contributed by atoms with Crippen molar-refractivity contribution in [1.29, 1.82) is 0 Å². The smallest absolute Gasteiger partial charge is 0.236 e. The van der Waals surface area contributed by atoms with Crippen molar-refractivity contribution in [3.05, 3.63) is 41.4 Å². The first-order chi connectivity index (χ1) is 12.3. The lowest BCUT2D eigenvalue weighted by molar-refractivity contribution is -0.131. The van der Waals surface area contributed by atoms with Gasteiger partial charge in [0.05, 0.1) is 30.3 Å². The summed E-state index contributed by atoms with van der Waals surface area (Å²) < 4.78 is 23.2. The molecule has 8 heteroatoms. The highest BCUT2D eigenvalue weighted by molar-refractivity contribution is 7.91. The number of sulfone groups is 1. The van der Waals surface area contributed by atoms with E-state index >= 15 is 0 Å². The molecule has 1 saturated heterocycles. The minimum atomic E-state index is -2.94. The van der Waals surface area contributed by atoms with E-state index in [1.807, 2.05) is 47.7 Å². The molecule has 1 aliphatic rings. The van der Waals surface area contributed by atoms with Gasteiger partial charge in [-0.15, -0.1) is 11.3 Å². The normalized spacial score (nSPS) is 19.0. The van der Waals surface area contributed by atoms with Crippen molar-refractivity contribution in [3.8, 4) is 10.6 Å². The number of aromatic nitrogens is 1. The molecule has 2 aromatic rings. The van der Waals surface area contributed by atoms with Crippen molar-refractivity contribution in [2.24, 2.45) is 0 Å². The van der Waals surface area contributed by atoms with Crippen molar-refractivity contribution in [2.75, 3.05) is 32.1 Å². The summed E-state index contributed by atoms with van der Waals surface area (Å²) in [4.78, 5) is 20.6. The number of carbonyl (C=O) groups is 1. The van der Waals surface area contributed by atoms with Crippen LogP contribution in [0.1, 0.15) is 12.1 Å². The van der Waals surface area contributed by atoms with Gasteiger partial charge in [-0.2, -0.15) is 0 Å². The molecule has 26 heavy (non-hydrogen) atoms. The maximum absolute atomic E-state index is 12.5. The molecule has 6 nitrogen and oxygen atoms in total. The van der Waals surface area contributed by atoms with Crippen molar-refractivity contribution in [2.45, 2.75) is 19.0 Å². The van der Waals surface area contributed by atoms with Gasteiger partial charge in [0.25, 0.3) is 0 Å². The van der Waals surface area contributed by atoms with E-state index in [1.54, 1.807) is 23.3 Å². The topological polar surface area (TPSA) is 70.6 Å². The average Bonchev–Trinajstić information content (AvgIpc) is 3.22. The van der Waals surface area contributed by atoms with Crippen LogP contribution in [-0.4, -0.2) is 67.3 Å². The Morgan fingerprint density at radius 2 is 2.00 bits per heavy atom. The molecule has 2 heterocycles. The fraction of sp³-hybridized carbons (Fsp3) is 0.444. The molecule has 0 radical (unpaired) electrons. The van der Waals surface area contributed by atoms with Crippen LogP contribution in [0.3, 0.4) is 0 Å². The monoisotopic (exact) mass is 393 g/mol. The second-order valence-electron chi connectivity index (χ2n) is 6.73. The Balaban J connectivity index is 1.55. The van der Waals surface area contributed by atoms with Crippen LogP contribution in [0.4, 0.5) is 0 Å². The van der Waals surface area contributed by atoms with Gasteiger partial charge < -0.3 is 4.90 Å². The van der Waals surface area contributed by atoms with E-state index in [-0.39, 0.29) is 30.0 Å². The molecule has 1 fully saturated rings. The highest BCUT2D eigenvalue weighted by Crippen LogP contribution is 2.24. The van der Waals surface area contributed by atoms with E-state index in [0.717, 1.165) is 16.3 Å². The molecule has 1 aliphatic heterocycles. The van der Waals surface area contributed by atoms with Gasteiger partial charge in [0.15, 0.2) is 9.84 Å². The quantitative estimate of drug-likeness (QED) is 0.750. The second-order valence-corrected chi connectivity index (χ2v) is 9.82. The molecule has 1 unspecified atom stereocenters. The van der Waals surface area contributed by atoms with Gasteiger partial charge >= 0.3 is 0 Å². The Hall–Kier alpha value is -1.77. The summed E-state index contributed by atoms with van der Waals surface area (Å²) in [6.45, 7) is 0.658. The number of carbonyl (C=O) groups excluding carboxylic acids is 1. The number of rotatable bonds is 6. The molecular weight excluding hydrogens is 370 g/mol. The van der Waals surface area contributed by atoms with Crippen LogP contribution < -0.4 is 0 Å². The number of hydrogen-bond donors (Lipinski definition) is 0. The SMILES string of the molecule is CN(Cc1csc(-c2ccccc2)n1)C(=O)CN(C)C1CCS(=O)(=O)C1. The molecular formula is C18H23N3O3S2. The number of nitrogens with zero attached hydrogens (tertiary/aromatic N) is 3. The highest BCUT2D eigenvalue weighted by Gasteiger charge is 2.31. The second kappa shape index (κ2) is 7.85. The van der Waals surface area contributed by atoms with Gasteiger partial charge in [0.1, 0.15) is 5.01 Å². The standard InChI is InChI=1S/C18H23N3O3S2/c1-20(16-8-9-26(23,24)13-16)11-17(22)21(2)10-15-12-25-18(19-15)14-6-4-3-5-7-14/h3-7,12,16H,8-11,13H2,1-2H3. The fourth-order valence-corrected chi connectivity index (χ4v) is 5.63. The fourth-order valence-electron chi connectivity index (χ4n) is 3.01. The van der Waals surface area contributed by atoms with E-state index in [0.29, 0.717) is 13.0 Å². The van der Waals surface area contributed by atoms with Crippen LogP contribution in [-0.2, 0) is 21.2 Å². The molecule has 1 atom stereocenters. The molecule has 0 aliphatic carbocycles. The summed E-state index contributed by atoms with van der Waals surface area (Å²) in [6.07, 6.45) is 0.600. The molecule has 1 aromatic carbocycles. The first-order valence-corrected chi connectivity index (χ1v) is 11.2. The zero-order chi connectivity index (χ0) is 18.7. The third-order valence-electron chi connectivity index (χ3n) is 4.61.